The fourth-order valence-electron chi connectivity index (χ4n) is 3.98. The standard InChI is InChI=1S/C31H58N8O10/c1-30(2,3)48-28(46)38-24(37-27(44)45)33-17-12-10-8-7-9-11-16-32-23(40)22-36-25(41)34-18-13-14-20-39(21-15-19-35-26(42)43)29(47)49-31(4,5)6/h35H,7-22H2,1-6H3,(H,32,40)(H,42,43)(H,44,45)(H2,34,36,41)(H2,33,37,38,46). The van der Waals surface area contributed by atoms with Crippen LogP contribution in [-0.2, 0) is 14.3 Å². The monoisotopic (exact) mass is 702 g/mol. The minimum Gasteiger partial charge on any atom is -0.465 e. The number of rotatable bonds is 20. The lowest BCUT2D eigenvalue weighted by Crippen LogP contribution is -2.45. The van der Waals surface area contributed by atoms with E-state index in [9.17, 15) is 28.8 Å². The summed E-state index contributed by atoms with van der Waals surface area (Å²) < 4.78 is 10.5. The Balaban J connectivity index is 4.07. The molecule has 0 aliphatic heterocycles. The number of carbonyl (C=O) groups excluding carboxylic acids is 4. The van der Waals surface area contributed by atoms with Gasteiger partial charge in [-0.2, -0.15) is 0 Å². The lowest BCUT2D eigenvalue weighted by Gasteiger charge is -2.27. The van der Waals surface area contributed by atoms with Crippen LogP contribution >= 0.6 is 0 Å². The van der Waals surface area contributed by atoms with Crippen LogP contribution in [0.25, 0.3) is 0 Å². The summed E-state index contributed by atoms with van der Waals surface area (Å²) in [7, 11) is 0. The number of carbonyl (C=O) groups is 6. The highest BCUT2D eigenvalue weighted by Gasteiger charge is 2.22. The Morgan fingerprint density at radius 1 is 0.612 bits per heavy atom. The van der Waals surface area contributed by atoms with Gasteiger partial charge >= 0.3 is 30.4 Å². The number of guanidine groups is 1. The van der Waals surface area contributed by atoms with E-state index < -0.39 is 41.6 Å². The number of hydrogen-bond acceptors (Lipinski definition) is 9. The SMILES string of the molecule is CC(C)(C)OC(=O)NC(=NCCCCCCCCNC(=O)CNC(=O)NCCCCN(CCCNC(=O)O)C(=O)OC(C)(C)C)NC(=O)O. The smallest absolute Gasteiger partial charge is 0.414 e. The van der Waals surface area contributed by atoms with Gasteiger partial charge in [0.1, 0.15) is 11.2 Å². The second-order valence-corrected chi connectivity index (χ2v) is 13.1. The maximum Gasteiger partial charge on any atom is 0.414 e. The van der Waals surface area contributed by atoms with Crippen molar-refractivity contribution in [2.24, 2.45) is 4.99 Å². The Kier molecular flexibility index (Phi) is 22.3. The molecular formula is C31H58N8O10. The van der Waals surface area contributed by atoms with Crippen LogP contribution in [0.1, 0.15) is 99.3 Å². The van der Waals surface area contributed by atoms with Crippen LogP contribution < -0.4 is 31.9 Å². The molecule has 0 rings (SSSR count). The summed E-state index contributed by atoms with van der Waals surface area (Å²) in [5.41, 5.74) is -1.40. The maximum absolute atomic E-state index is 12.5. The van der Waals surface area contributed by atoms with Crippen LogP contribution in [-0.4, -0.2) is 114 Å². The molecular weight excluding hydrogens is 644 g/mol. The van der Waals surface area contributed by atoms with E-state index in [4.69, 9.17) is 19.7 Å². The summed E-state index contributed by atoms with van der Waals surface area (Å²) in [6, 6.07) is -0.477. The van der Waals surface area contributed by atoms with Crippen LogP contribution in [0.3, 0.4) is 0 Å². The number of aliphatic imine (C=N–C) groups is 1. The number of alkyl carbamates (subject to hydrolysis) is 1. The average molecular weight is 703 g/mol. The number of nitrogens with zero attached hydrogens (tertiary/aromatic N) is 2. The Morgan fingerprint density at radius 2 is 1.16 bits per heavy atom. The van der Waals surface area contributed by atoms with Crippen molar-refractivity contribution < 1.29 is 48.5 Å². The zero-order valence-electron chi connectivity index (χ0n) is 29.9. The highest BCUT2D eigenvalue weighted by atomic mass is 16.6. The van der Waals surface area contributed by atoms with E-state index in [2.05, 4.69) is 31.6 Å². The van der Waals surface area contributed by atoms with Gasteiger partial charge in [0, 0.05) is 39.3 Å². The molecule has 0 unspecified atom stereocenters. The number of unbranched alkanes of at least 4 members (excludes halogenated alkanes) is 6. The molecule has 18 heteroatoms. The van der Waals surface area contributed by atoms with Gasteiger partial charge in [0.05, 0.1) is 6.54 Å². The van der Waals surface area contributed by atoms with Gasteiger partial charge in [-0.3, -0.25) is 20.4 Å². The number of ether oxygens (including phenoxy) is 2. The number of carboxylic acid groups (broad SMARTS) is 2. The van der Waals surface area contributed by atoms with Gasteiger partial charge in [-0.05, 0) is 73.6 Å². The highest BCUT2D eigenvalue weighted by Crippen LogP contribution is 2.11. The van der Waals surface area contributed by atoms with E-state index in [1.807, 2.05) is 5.32 Å². The Morgan fingerprint density at radius 3 is 1.78 bits per heavy atom. The molecule has 8 N–H and O–H groups in total. The summed E-state index contributed by atoms with van der Waals surface area (Å²) in [5, 5.41) is 32.2. The van der Waals surface area contributed by atoms with Gasteiger partial charge in [0.15, 0.2) is 0 Å². The molecule has 0 saturated heterocycles. The molecule has 49 heavy (non-hydrogen) atoms. The molecule has 0 aliphatic carbocycles. The summed E-state index contributed by atoms with van der Waals surface area (Å²) in [4.78, 5) is 75.6. The number of amides is 7. The molecule has 0 aromatic rings. The molecule has 7 amide bonds. The molecule has 0 fully saturated rings. The maximum atomic E-state index is 12.5. The first-order valence-corrected chi connectivity index (χ1v) is 16.7. The van der Waals surface area contributed by atoms with Crippen molar-refractivity contribution in [1.82, 2.24) is 36.8 Å². The van der Waals surface area contributed by atoms with Crippen molar-refractivity contribution in [2.45, 2.75) is 111 Å². The molecule has 0 bridgehead atoms. The van der Waals surface area contributed by atoms with E-state index in [-0.39, 0.29) is 25.0 Å². The number of hydrogen-bond donors (Lipinski definition) is 8. The van der Waals surface area contributed by atoms with Gasteiger partial charge < -0.3 is 45.9 Å². The van der Waals surface area contributed by atoms with Crippen molar-refractivity contribution in [1.29, 1.82) is 0 Å². The summed E-state index contributed by atoms with van der Waals surface area (Å²) >= 11 is 0. The topological polar surface area (TPSA) is 249 Å². The molecule has 0 spiro atoms. The molecule has 0 aromatic carbocycles. The van der Waals surface area contributed by atoms with Crippen LogP contribution in [0.15, 0.2) is 4.99 Å². The Hall–Kier alpha value is -4.51. The van der Waals surface area contributed by atoms with Gasteiger partial charge in [0.25, 0.3) is 0 Å². The van der Waals surface area contributed by atoms with E-state index >= 15 is 0 Å². The summed E-state index contributed by atoms with van der Waals surface area (Å²) in [6.07, 6.45) is 2.92. The Labute approximate surface area is 288 Å². The van der Waals surface area contributed by atoms with Crippen molar-refractivity contribution in [3.8, 4) is 0 Å². The van der Waals surface area contributed by atoms with Crippen molar-refractivity contribution in [3.05, 3.63) is 0 Å². The van der Waals surface area contributed by atoms with Crippen molar-refractivity contribution in [2.75, 3.05) is 45.8 Å². The quantitative estimate of drug-likeness (QED) is 0.0520. The van der Waals surface area contributed by atoms with Crippen LogP contribution in [0.5, 0.6) is 0 Å². The molecule has 0 saturated carbocycles. The summed E-state index contributed by atoms with van der Waals surface area (Å²) in [6.45, 7) is 12.3. The zero-order valence-corrected chi connectivity index (χ0v) is 29.9. The minimum absolute atomic E-state index is 0.162. The van der Waals surface area contributed by atoms with Crippen LogP contribution in [0.2, 0.25) is 0 Å². The van der Waals surface area contributed by atoms with Crippen LogP contribution in [0, 0.1) is 0 Å². The van der Waals surface area contributed by atoms with Crippen LogP contribution in [0.4, 0.5) is 24.0 Å². The largest absolute Gasteiger partial charge is 0.465 e. The molecule has 282 valence electrons. The molecule has 0 atom stereocenters. The number of nitrogens with one attached hydrogen (secondary N) is 6. The second-order valence-electron chi connectivity index (χ2n) is 13.1. The van der Waals surface area contributed by atoms with Gasteiger partial charge in [-0.15, -0.1) is 0 Å². The third-order valence-corrected chi connectivity index (χ3v) is 6.10. The Bertz CT molecular complexity index is 1070. The molecule has 18 nitrogen and oxygen atoms in total. The molecule has 0 aromatic heterocycles. The van der Waals surface area contributed by atoms with E-state index in [0.29, 0.717) is 58.4 Å². The predicted octanol–water partition coefficient (Wildman–Crippen LogP) is 3.57. The lowest BCUT2D eigenvalue weighted by molar-refractivity contribution is -0.120. The normalized spacial score (nSPS) is 11.5. The van der Waals surface area contributed by atoms with Crippen molar-refractivity contribution >= 4 is 42.3 Å². The average Bonchev–Trinajstić information content (AvgIpc) is 2.95. The molecule has 0 radical (unpaired) electrons. The second kappa shape index (κ2) is 24.6. The van der Waals surface area contributed by atoms with Crippen molar-refractivity contribution in [3.63, 3.8) is 0 Å². The summed E-state index contributed by atoms with van der Waals surface area (Å²) in [5.74, 6) is -0.491. The zero-order chi connectivity index (χ0) is 37.3. The van der Waals surface area contributed by atoms with E-state index in [1.54, 1.807) is 41.5 Å². The minimum atomic E-state index is -1.35. The molecule has 0 heterocycles. The fraction of sp³-hybridized carbons (Fsp3) is 0.774. The van der Waals surface area contributed by atoms with Gasteiger partial charge in [-0.25, -0.2) is 24.0 Å². The third-order valence-electron chi connectivity index (χ3n) is 6.10. The first-order valence-electron chi connectivity index (χ1n) is 16.7. The van der Waals surface area contributed by atoms with E-state index in [1.165, 1.54) is 4.90 Å². The first-order chi connectivity index (χ1) is 22.9. The number of urea groups is 1. The van der Waals surface area contributed by atoms with E-state index in [0.717, 1.165) is 32.1 Å². The predicted molar refractivity (Wildman–Crippen MR) is 183 cm³/mol. The highest BCUT2D eigenvalue weighted by molar-refractivity contribution is 6.00. The molecule has 0 aliphatic rings. The third kappa shape index (κ3) is 29.4. The lowest BCUT2D eigenvalue weighted by atomic mass is 10.1. The van der Waals surface area contributed by atoms with Gasteiger partial charge in [-0.1, -0.05) is 25.7 Å². The van der Waals surface area contributed by atoms with Gasteiger partial charge in [0.2, 0.25) is 11.9 Å². The first kappa shape index (κ1) is 44.5. The fourth-order valence-corrected chi connectivity index (χ4v) is 3.98.